The molecule has 0 aliphatic rings. The van der Waals surface area contributed by atoms with Gasteiger partial charge in [-0.1, -0.05) is 17.7 Å². The number of fused-ring (bicyclic) bond motifs is 1. The van der Waals surface area contributed by atoms with Gasteiger partial charge in [0.25, 0.3) is 0 Å². The lowest BCUT2D eigenvalue weighted by molar-refractivity contribution is -0.385. The summed E-state index contributed by atoms with van der Waals surface area (Å²) in [6, 6.07) is 4.17. The molecule has 0 saturated heterocycles. The number of nitro benzene ring substituents is 1. The minimum atomic E-state index is -0.611. The Bertz CT molecular complexity index is 857. The second-order valence-electron chi connectivity index (χ2n) is 3.92. The van der Waals surface area contributed by atoms with Gasteiger partial charge in [-0.2, -0.15) is 4.98 Å². The van der Waals surface area contributed by atoms with Gasteiger partial charge in [0.1, 0.15) is 0 Å². The molecule has 0 N–H and O–H groups in total. The van der Waals surface area contributed by atoms with Crippen molar-refractivity contribution in [3.8, 4) is 11.6 Å². The number of hydrogen-bond donors (Lipinski definition) is 0. The Morgan fingerprint density at radius 1 is 1.48 bits per heavy atom. The molecule has 0 radical (unpaired) electrons. The molecule has 106 valence electrons. The van der Waals surface area contributed by atoms with E-state index in [0.29, 0.717) is 11.2 Å². The van der Waals surface area contributed by atoms with E-state index in [4.69, 9.17) is 16.3 Å². The van der Waals surface area contributed by atoms with Gasteiger partial charge < -0.3 is 4.74 Å². The summed E-state index contributed by atoms with van der Waals surface area (Å²) >= 11 is 7.25. The molecule has 0 amide bonds. The maximum atomic E-state index is 11.2. The van der Waals surface area contributed by atoms with Gasteiger partial charge in [0.05, 0.1) is 9.95 Å². The molecule has 2 aromatic heterocycles. The first-order valence-electron chi connectivity index (χ1n) is 5.63. The number of aldehydes is 1. The minimum absolute atomic E-state index is 0.0203. The van der Waals surface area contributed by atoms with Crippen molar-refractivity contribution in [1.29, 1.82) is 0 Å². The van der Waals surface area contributed by atoms with Gasteiger partial charge in [-0.3, -0.25) is 19.3 Å². The van der Waals surface area contributed by atoms with E-state index in [-0.39, 0.29) is 28.0 Å². The van der Waals surface area contributed by atoms with Gasteiger partial charge in [0.2, 0.25) is 11.6 Å². The zero-order chi connectivity index (χ0) is 15.0. The third kappa shape index (κ3) is 2.24. The Hall–Kier alpha value is -2.45. The van der Waals surface area contributed by atoms with Crippen LogP contribution in [0.3, 0.4) is 0 Å². The van der Waals surface area contributed by atoms with E-state index in [2.05, 4.69) is 4.98 Å². The monoisotopic (exact) mass is 323 g/mol. The molecule has 1 aromatic carbocycles. The van der Waals surface area contributed by atoms with E-state index in [9.17, 15) is 14.9 Å². The van der Waals surface area contributed by atoms with Gasteiger partial charge in [-0.05, 0) is 6.07 Å². The average molecular weight is 324 g/mol. The van der Waals surface area contributed by atoms with Crippen molar-refractivity contribution in [2.24, 2.45) is 0 Å². The van der Waals surface area contributed by atoms with Crippen molar-refractivity contribution in [2.45, 2.75) is 0 Å². The number of nitro groups is 1. The van der Waals surface area contributed by atoms with Crippen LogP contribution in [0.4, 0.5) is 5.69 Å². The Kier molecular flexibility index (Phi) is 3.32. The first-order valence-corrected chi connectivity index (χ1v) is 6.89. The van der Waals surface area contributed by atoms with Crippen molar-refractivity contribution < 1.29 is 14.5 Å². The Balaban J connectivity index is 2.12. The van der Waals surface area contributed by atoms with Crippen molar-refractivity contribution >= 4 is 39.9 Å². The largest absolute Gasteiger partial charge is 0.428 e. The van der Waals surface area contributed by atoms with E-state index in [0.717, 1.165) is 0 Å². The highest BCUT2D eigenvalue weighted by molar-refractivity contribution is 7.15. The normalized spacial score (nSPS) is 10.7. The number of benzene rings is 1. The molecule has 0 aliphatic carbocycles. The quantitative estimate of drug-likeness (QED) is 0.416. The molecule has 0 unspecified atom stereocenters. The van der Waals surface area contributed by atoms with Crippen molar-refractivity contribution in [3.05, 3.63) is 50.6 Å². The van der Waals surface area contributed by atoms with Crippen LogP contribution in [0.15, 0.2) is 29.8 Å². The van der Waals surface area contributed by atoms with Gasteiger partial charge >= 0.3 is 5.69 Å². The highest BCUT2D eigenvalue weighted by atomic mass is 35.5. The summed E-state index contributed by atoms with van der Waals surface area (Å²) in [6.07, 6.45) is 2.23. The van der Waals surface area contributed by atoms with Crippen LogP contribution < -0.4 is 4.74 Å². The molecule has 21 heavy (non-hydrogen) atoms. The molecule has 7 nitrogen and oxygen atoms in total. The number of halogens is 1. The number of ether oxygens (including phenoxy) is 1. The third-order valence-electron chi connectivity index (χ3n) is 2.72. The summed E-state index contributed by atoms with van der Waals surface area (Å²) in [5.74, 6) is -0.161. The number of carbonyl (C=O) groups is 1. The molecule has 0 fully saturated rings. The highest BCUT2D eigenvalue weighted by Crippen LogP contribution is 2.38. The number of para-hydroxylation sites is 1. The summed E-state index contributed by atoms with van der Waals surface area (Å²) in [6.45, 7) is 0. The van der Waals surface area contributed by atoms with E-state index in [1.54, 1.807) is 11.6 Å². The van der Waals surface area contributed by atoms with Gasteiger partial charge in [-0.25, -0.2) is 0 Å². The molecule has 2 heterocycles. The van der Waals surface area contributed by atoms with Gasteiger partial charge in [0, 0.05) is 17.6 Å². The smallest absolute Gasteiger partial charge is 0.313 e. The minimum Gasteiger partial charge on any atom is -0.428 e. The Morgan fingerprint density at radius 2 is 2.29 bits per heavy atom. The van der Waals surface area contributed by atoms with E-state index in [1.807, 2.05) is 0 Å². The second-order valence-corrected chi connectivity index (χ2v) is 5.20. The number of nitrogens with zero attached hydrogens (tertiary/aromatic N) is 3. The SMILES string of the molecule is O=Cc1c(Oc2c(Cl)cccc2[N+](=O)[O-])nc2sccn12. The van der Waals surface area contributed by atoms with Gasteiger partial charge in [0.15, 0.2) is 16.9 Å². The second kappa shape index (κ2) is 5.15. The number of aromatic nitrogens is 2. The lowest BCUT2D eigenvalue weighted by Gasteiger charge is -2.05. The molecule has 3 rings (SSSR count). The summed E-state index contributed by atoms with van der Waals surface area (Å²) in [7, 11) is 0. The standard InChI is InChI=1S/C12H6ClN3O4S/c13-7-2-1-3-8(16(18)19)10(7)20-11-9(6-17)15-4-5-21-12(15)14-11/h1-6H. The summed E-state index contributed by atoms with van der Waals surface area (Å²) in [5.41, 5.74) is -0.129. The molecule has 0 bridgehead atoms. The van der Waals surface area contributed by atoms with Crippen molar-refractivity contribution in [2.75, 3.05) is 0 Å². The summed E-state index contributed by atoms with van der Waals surface area (Å²) in [5, 5.41) is 12.8. The fourth-order valence-corrected chi connectivity index (χ4v) is 2.73. The van der Waals surface area contributed by atoms with Crippen LogP contribution in [-0.4, -0.2) is 20.6 Å². The molecule has 0 atom stereocenters. The van der Waals surface area contributed by atoms with Crippen molar-refractivity contribution in [1.82, 2.24) is 9.38 Å². The predicted molar refractivity (Wildman–Crippen MR) is 76.6 cm³/mol. The predicted octanol–water partition coefficient (Wildman–Crippen LogP) is 3.56. The number of carbonyl (C=O) groups excluding carboxylic acids is 1. The lowest BCUT2D eigenvalue weighted by atomic mass is 10.3. The molecule has 0 spiro atoms. The van der Waals surface area contributed by atoms with Crippen LogP contribution in [0, 0.1) is 10.1 Å². The number of rotatable bonds is 4. The fraction of sp³-hybridized carbons (Fsp3) is 0. The first kappa shape index (κ1) is 13.5. The third-order valence-corrected chi connectivity index (χ3v) is 3.77. The van der Waals surface area contributed by atoms with E-state index in [1.165, 1.54) is 33.9 Å². The zero-order valence-corrected chi connectivity index (χ0v) is 11.8. The van der Waals surface area contributed by atoms with Crippen LogP contribution in [0.5, 0.6) is 11.6 Å². The summed E-state index contributed by atoms with van der Waals surface area (Å²) in [4.78, 5) is 26.3. The first-order chi connectivity index (χ1) is 10.1. The van der Waals surface area contributed by atoms with Crippen LogP contribution in [0.1, 0.15) is 10.5 Å². The number of thiazole rings is 1. The topological polar surface area (TPSA) is 86.7 Å². The van der Waals surface area contributed by atoms with Crippen LogP contribution in [0.25, 0.3) is 4.96 Å². The Labute approximate surface area is 126 Å². The van der Waals surface area contributed by atoms with E-state index >= 15 is 0 Å². The van der Waals surface area contributed by atoms with Crippen LogP contribution in [-0.2, 0) is 0 Å². The molecule has 0 aliphatic heterocycles. The zero-order valence-electron chi connectivity index (χ0n) is 10.2. The van der Waals surface area contributed by atoms with Crippen molar-refractivity contribution in [3.63, 3.8) is 0 Å². The fourth-order valence-electron chi connectivity index (χ4n) is 1.80. The maximum Gasteiger partial charge on any atom is 0.313 e. The lowest BCUT2D eigenvalue weighted by Crippen LogP contribution is -1.96. The molecule has 0 saturated carbocycles. The summed E-state index contributed by atoms with van der Waals surface area (Å²) < 4.78 is 6.97. The maximum absolute atomic E-state index is 11.2. The highest BCUT2D eigenvalue weighted by Gasteiger charge is 2.22. The average Bonchev–Trinajstić information content (AvgIpc) is 3.00. The van der Waals surface area contributed by atoms with Crippen LogP contribution >= 0.6 is 22.9 Å². The van der Waals surface area contributed by atoms with Crippen LogP contribution in [0.2, 0.25) is 5.02 Å². The Morgan fingerprint density at radius 3 is 3.00 bits per heavy atom. The molecular weight excluding hydrogens is 318 g/mol. The van der Waals surface area contributed by atoms with Gasteiger partial charge in [-0.15, -0.1) is 11.3 Å². The van der Waals surface area contributed by atoms with E-state index < -0.39 is 4.92 Å². The molecule has 9 heteroatoms. The number of hydrogen-bond acceptors (Lipinski definition) is 6. The number of imidazole rings is 1. The molecular formula is C12H6ClN3O4S. The molecule has 3 aromatic rings.